The first-order valence-corrected chi connectivity index (χ1v) is 5.51. The van der Waals surface area contributed by atoms with Crippen molar-refractivity contribution in [2.75, 3.05) is 5.75 Å². The van der Waals surface area contributed by atoms with Gasteiger partial charge in [-0.15, -0.1) is 17.2 Å². The van der Waals surface area contributed by atoms with Crippen LogP contribution in [-0.4, -0.2) is 12.7 Å². The lowest BCUT2D eigenvalue weighted by atomic mass is 9.79. The van der Waals surface area contributed by atoms with E-state index in [1.165, 1.54) is 12.1 Å². The van der Waals surface area contributed by atoms with Crippen LogP contribution >= 0.6 is 11.8 Å². The molecule has 76 valence electrons. The molecule has 0 fully saturated rings. The van der Waals surface area contributed by atoms with E-state index in [9.17, 15) is 12.9 Å². The minimum absolute atomic E-state index is 0.466. The Bertz CT molecular complexity index is 348. The van der Waals surface area contributed by atoms with Crippen LogP contribution in [0.25, 0.3) is 0 Å². The lowest BCUT2D eigenvalue weighted by Gasteiger charge is -2.20. The Kier molecular flexibility index (Phi) is 2.51. The molecule has 2 rings (SSSR count). The molecule has 0 spiro atoms. The zero-order chi connectivity index (χ0) is 10.2. The Morgan fingerprint density at radius 2 is 2.00 bits per heavy atom. The molecule has 0 N–H and O–H groups in total. The van der Waals surface area contributed by atoms with Crippen LogP contribution in [-0.2, 0) is 6.42 Å². The third kappa shape index (κ3) is 1.92. The highest BCUT2D eigenvalue weighted by Crippen LogP contribution is 2.29. The second kappa shape index (κ2) is 3.53. The van der Waals surface area contributed by atoms with Crippen LogP contribution in [0.3, 0.4) is 0 Å². The highest BCUT2D eigenvalue weighted by atomic mass is 32.2. The average Bonchev–Trinajstić information content (AvgIpc) is 2.16. The van der Waals surface area contributed by atoms with Crippen molar-refractivity contribution in [2.45, 2.75) is 17.7 Å². The number of halogens is 3. The molecule has 14 heavy (non-hydrogen) atoms. The van der Waals surface area contributed by atoms with Gasteiger partial charge in [0.15, 0.2) is 0 Å². The maximum absolute atomic E-state index is 12.4. The molecule has 0 bridgehead atoms. The largest absolute Gasteiger partial charge is 0.509 e. The molecule has 5 heteroatoms. The van der Waals surface area contributed by atoms with Crippen LogP contribution in [0.15, 0.2) is 23.1 Å². The molecule has 1 aromatic carbocycles. The van der Waals surface area contributed by atoms with E-state index in [-0.39, 0.29) is 0 Å². The first-order valence-electron chi connectivity index (χ1n) is 4.53. The number of hydrogen-bond donors (Lipinski definition) is 0. The summed E-state index contributed by atoms with van der Waals surface area (Å²) in [7, 11) is 0. The van der Waals surface area contributed by atoms with Crippen LogP contribution < -0.4 is 5.46 Å². The van der Waals surface area contributed by atoms with Crippen molar-refractivity contribution < 1.29 is 12.9 Å². The predicted molar refractivity (Wildman–Crippen MR) is 54.2 cm³/mol. The molecule has 0 amide bonds. The molecule has 1 aromatic rings. The fraction of sp³-hybridized carbons (Fsp3) is 0.333. The Morgan fingerprint density at radius 1 is 1.21 bits per heavy atom. The lowest BCUT2D eigenvalue weighted by molar-refractivity contribution is 0.501. The average molecular weight is 217 g/mol. The number of benzene rings is 1. The molecule has 0 saturated carbocycles. The van der Waals surface area contributed by atoms with Crippen LogP contribution in [0.2, 0.25) is 0 Å². The number of hydrogen-bond acceptors (Lipinski definition) is 1. The van der Waals surface area contributed by atoms with Gasteiger partial charge in [0.1, 0.15) is 0 Å². The number of aryl methyl sites for hydroxylation is 1. The highest BCUT2D eigenvalue weighted by Gasteiger charge is 2.26. The Morgan fingerprint density at radius 3 is 2.71 bits per heavy atom. The lowest BCUT2D eigenvalue weighted by Crippen LogP contribution is -2.34. The van der Waals surface area contributed by atoms with Gasteiger partial charge in [-0.1, -0.05) is 18.2 Å². The van der Waals surface area contributed by atoms with Gasteiger partial charge in [0.2, 0.25) is 0 Å². The van der Waals surface area contributed by atoms with Crippen LogP contribution in [0.5, 0.6) is 0 Å². The van der Waals surface area contributed by atoms with Gasteiger partial charge in [0.25, 0.3) is 0 Å². The fourth-order valence-electron chi connectivity index (χ4n) is 1.58. The van der Waals surface area contributed by atoms with E-state index >= 15 is 0 Å². The van der Waals surface area contributed by atoms with Gasteiger partial charge in [-0.3, -0.25) is 0 Å². The number of thioether (sulfide) groups is 1. The minimum atomic E-state index is -4.84. The summed E-state index contributed by atoms with van der Waals surface area (Å²) in [6, 6.07) is 4.10. The summed E-state index contributed by atoms with van der Waals surface area (Å²) in [5.74, 6) is 1.02. The summed E-state index contributed by atoms with van der Waals surface area (Å²) in [6.45, 7) is -4.84. The van der Waals surface area contributed by atoms with Gasteiger partial charge >= 0.3 is 6.98 Å². The zero-order valence-corrected chi connectivity index (χ0v) is 8.29. The molecular weight excluding hydrogens is 208 g/mol. The van der Waals surface area contributed by atoms with Crippen molar-refractivity contribution in [3.05, 3.63) is 23.8 Å². The molecule has 0 atom stereocenters. The Hall–Kier alpha value is -0.575. The minimum Gasteiger partial charge on any atom is -0.445 e. The Labute approximate surface area is 84.9 Å². The molecule has 0 aliphatic carbocycles. The molecule has 1 aliphatic heterocycles. The van der Waals surface area contributed by atoms with Crippen molar-refractivity contribution >= 4 is 24.2 Å². The van der Waals surface area contributed by atoms with Crippen LogP contribution in [0.4, 0.5) is 12.9 Å². The smallest absolute Gasteiger partial charge is 0.445 e. The molecule has 1 heterocycles. The molecule has 1 aliphatic rings. The van der Waals surface area contributed by atoms with Gasteiger partial charge in [0.05, 0.1) is 0 Å². The molecule has 0 aromatic heterocycles. The first-order chi connectivity index (χ1) is 6.57. The van der Waals surface area contributed by atoms with Gasteiger partial charge in [-0.25, -0.2) is 0 Å². The highest BCUT2D eigenvalue weighted by molar-refractivity contribution is 7.99. The fourth-order valence-corrected chi connectivity index (χ4v) is 2.60. The van der Waals surface area contributed by atoms with Gasteiger partial charge in [0, 0.05) is 4.90 Å². The third-order valence-corrected chi connectivity index (χ3v) is 3.51. The molecular formula is C9H9BF3S-. The van der Waals surface area contributed by atoms with Crippen molar-refractivity contribution in [1.82, 2.24) is 0 Å². The van der Waals surface area contributed by atoms with Crippen molar-refractivity contribution in [1.29, 1.82) is 0 Å². The van der Waals surface area contributed by atoms with E-state index in [1.54, 1.807) is 17.8 Å². The maximum Gasteiger partial charge on any atom is 0.509 e. The summed E-state index contributed by atoms with van der Waals surface area (Å²) >= 11 is 1.65. The monoisotopic (exact) mass is 217 g/mol. The molecule has 0 saturated heterocycles. The molecule has 0 unspecified atom stereocenters. The molecule has 0 radical (unpaired) electrons. The van der Waals surface area contributed by atoms with E-state index in [1.807, 2.05) is 0 Å². The van der Waals surface area contributed by atoms with Crippen molar-refractivity contribution in [2.24, 2.45) is 0 Å². The van der Waals surface area contributed by atoms with Gasteiger partial charge in [-0.2, -0.15) is 0 Å². The van der Waals surface area contributed by atoms with Crippen molar-refractivity contribution in [3.8, 4) is 0 Å². The van der Waals surface area contributed by atoms with E-state index in [4.69, 9.17) is 0 Å². The Balaban J connectivity index is 2.39. The summed E-state index contributed by atoms with van der Waals surface area (Å²) in [4.78, 5) is 1.01. The maximum atomic E-state index is 12.4. The quantitative estimate of drug-likeness (QED) is 0.651. The second-order valence-electron chi connectivity index (χ2n) is 3.39. The van der Waals surface area contributed by atoms with E-state index in [2.05, 4.69) is 0 Å². The number of rotatable bonds is 1. The summed E-state index contributed by atoms with van der Waals surface area (Å²) in [6.07, 6.45) is 1.76. The second-order valence-corrected chi connectivity index (χ2v) is 4.53. The SMILES string of the molecule is F[B-](F)(F)c1ccc2c(c1)CCCS2. The van der Waals surface area contributed by atoms with Crippen LogP contribution in [0, 0.1) is 0 Å². The topological polar surface area (TPSA) is 0 Å². The summed E-state index contributed by atoms with van der Waals surface area (Å²) in [5, 5.41) is 0. The first kappa shape index (κ1) is 9.96. The normalized spacial score (nSPS) is 16.5. The van der Waals surface area contributed by atoms with Gasteiger partial charge < -0.3 is 12.9 Å². The van der Waals surface area contributed by atoms with E-state index < -0.39 is 12.4 Å². The van der Waals surface area contributed by atoms with Crippen molar-refractivity contribution in [3.63, 3.8) is 0 Å². The number of fused-ring (bicyclic) bond motifs is 1. The van der Waals surface area contributed by atoms with Crippen LogP contribution in [0.1, 0.15) is 12.0 Å². The standard InChI is InChI=1S/C9H9BF3S/c11-10(12,13)8-3-4-9-7(6-8)2-1-5-14-9/h3-4,6H,1-2,5H2/q-1. The predicted octanol–water partition coefficient (Wildman–Crippen LogP) is 2.78. The summed E-state index contributed by atoms with van der Waals surface area (Å²) < 4.78 is 37.2. The molecule has 0 nitrogen and oxygen atoms in total. The zero-order valence-electron chi connectivity index (χ0n) is 7.47. The third-order valence-electron chi connectivity index (χ3n) is 2.31. The van der Waals surface area contributed by atoms with E-state index in [0.717, 1.165) is 29.1 Å². The van der Waals surface area contributed by atoms with E-state index in [0.29, 0.717) is 0 Å². The summed E-state index contributed by atoms with van der Waals surface area (Å²) in [5.41, 5.74) is 0.393. The van der Waals surface area contributed by atoms with Gasteiger partial charge in [-0.05, 0) is 24.2 Å².